The van der Waals surface area contributed by atoms with Crippen molar-refractivity contribution in [2.45, 2.75) is 17.5 Å². The number of ketones is 1. The Morgan fingerprint density at radius 2 is 1.70 bits per heavy atom. The van der Waals surface area contributed by atoms with E-state index in [1.165, 1.54) is 18.2 Å². The lowest BCUT2D eigenvalue weighted by Crippen LogP contribution is -2.29. The Hall–Kier alpha value is -2.14. The molecule has 162 valence electrons. The van der Waals surface area contributed by atoms with E-state index in [1.54, 1.807) is 0 Å². The lowest BCUT2D eigenvalue weighted by atomic mass is 10.1. The van der Waals surface area contributed by atoms with Gasteiger partial charge in [-0.2, -0.15) is 13.2 Å². The van der Waals surface area contributed by atoms with Gasteiger partial charge in [-0.25, -0.2) is 13.1 Å². The molecule has 0 radical (unpaired) electrons. The predicted molar refractivity (Wildman–Crippen MR) is 103 cm³/mol. The summed E-state index contributed by atoms with van der Waals surface area (Å²) in [5, 5.41) is 0.381. The van der Waals surface area contributed by atoms with Gasteiger partial charge in [0, 0.05) is 12.1 Å². The standard InChI is InChI=1S/C18H14Cl2F3NO5S/c19-13-6-5-11(9-14(13)20)15(25)10-29-17(26)7-8-24-30(27,28)16-4-2-1-3-12(16)18(21,22)23/h1-6,9,24H,7-8,10H2. The summed E-state index contributed by atoms with van der Waals surface area (Å²) in [6.07, 6.45) is -5.36. The molecule has 0 aliphatic heterocycles. The third kappa shape index (κ3) is 6.43. The number of Topliss-reactive ketones (excluding diaryl/α,β-unsaturated/α-hetero) is 1. The predicted octanol–water partition coefficient (Wildman–Crippen LogP) is 4.11. The van der Waals surface area contributed by atoms with Crippen LogP contribution in [0, 0.1) is 0 Å². The molecular formula is C18H14Cl2F3NO5S. The first-order valence-corrected chi connectivity index (χ1v) is 10.5. The molecule has 0 saturated carbocycles. The fourth-order valence-corrected chi connectivity index (χ4v) is 3.83. The van der Waals surface area contributed by atoms with E-state index in [1.807, 2.05) is 4.72 Å². The van der Waals surface area contributed by atoms with Gasteiger partial charge in [0.1, 0.15) is 0 Å². The van der Waals surface area contributed by atoms with Gasteiger partial charge in [0.05, 0.1) is 26.9 Å². The summed E-state index contributed by atoms with van der Waals surface area (Å²) >= 11 is 11.5. The minimum atomic E-state index is -4.87. The van der Waals surface area contributed by atoms with E-state index in [9.17, 15) is 31.2 Å². The van der Waals surface area contributed by atoms with E-state index in [0.29, 0.717) is 6.07 Å². The molecule has 12 heteroatoms. The number of carbonyl (C=O) groups excluding carboxylic acids is 2. The molecule has 0 spiro atoms. The van der Waals surface area contributed by atoms with Crippen molar-refractivity contribution in [1.82, 2.24) is 4.72 Å². The highest BCUT2D eigenvalue weighted by Crippen LogP contribution is 2.33. The number of nitrogens with one attached hydrogen (secondary N) is 1. The maximum absolute atomic E-state index is 13.0. The quantitative estimate of drug-likeness (QED) is 0.450. The number of hydrogen-bond acceptors (Lipinski definition) is 5. The maximum atomic E-state index is 13.0. The Morgan fingerprint density at radius 3 is 2.33 bits per heavy atom. The lowest BCUT2D eigenvalue weighted by molar-refractivity contribution is -0.142. The Kier molecular flexibility index (Phi) is 7.87. The number of rotatable bonds is 8. The highest BCUT2D eigenvalue weighted by molar-refractivity contribution is 7.89. The summed E-state index contributed by atoms with van der Waals surface area (Å²) in [7, 11) is -4.52. The largest absolute Gasteiger partial charge is 0.457 e. The van der Waals surface area contributed by atoms with Crippen LogP contribution in [0.15, 0.2) is 47.4 Å². The average molecular weight is 484 g/mol. The van der Waals surface area contributed by atoms with Gasteiger partial charge in [-0.15, -0.1) is 0 Å². The maximum Gasteiger partial charge on any atom is 0.417 e. The average Bonchev–Trinajstić information content (AvgIpc) is 2.67. The molecule has 30 heavy (non-hydrogen) atoms. The molecule has 2 aromatic rings. The molecule has 0 aliphatic rings. The Bertz CT molecular complexity index is 1060. The number of sulfonamides is 1. The van der Waals surface area contributed by atoms with Crippen molar-refractivity contribution >= 4 is 45.0 Å². The highest BCUT2D eigenvalue weighted by atomic mass is 35.5. The number of hydrogen-bond donors (Lipinski definition) is 1. The normalized spacial score (nSPS) is 11.9. The van der Waals surface area contributed by atoms with Gasteiger partial charge < -0.3 is 4.74 Å². The zero-order valence-electron chi connectivity index (χ0n) is 15.0. The molecule has 0 unspecified atom stereocenters. The van der Waals surface area contributed by atoms with Gasteiger partial charge in [-0.05, 0) is 30.3 Å². The van der Waals surface area contributed by atoms with Crippen molar-refractivity contribution in [2.24, 2.45) is 0 Å². The van der Waals surface area contributed by atoms with E-state index >= 15 is 0 Å². The van der Waals surface area contributed by atoms with Crippen molar-refractivity contribution in [2.75, 3.05) is 13.2 Å². The minimum Gasteiger partial charge on any atom is -0.457 e. The van der Waals surface area contributed by atoms with Crippen LogP contribution >= 0.6 is 23.2 Å². The van der Waals surface area contributed by atoms with Crippen LogP contribution < -0.4 is 4.72 Å². The van der Waals surface area contributed by atoms with E-state index in [2.05, 4.69) is 0 Å². The fraction of sp³-hybridized carbons (Fsp3) is 0.222. The second kappa shape index (κ2) is 9.78. The summed E-state index contributed by atoms with van der Waals surface area (Å²) in [6, 6.07) is 7.73. The molecule has 0 bridgehead atoms. The Morgan fingerprint density at radius 1 is 1.03 bits per heavy atom. The summed E-state index contributed by atoms with van der Waals surface area (Å²) in [6.45, 7) is -1.14. The summed E-state index contributed by atoms with van der Waals surface area (Å²) in [5.74, 6) is -1.49. The van der Waals surface area contributed by atoms with Crippen LogP contribution in [0.4, 0.5) is 13.2 Å². The van der Waals surface area contributed by atoms with E-state index < -0.39 is 58.0 Å². The first kappa shape index (κ1) is 24.1. The number of alkyl halides is 3. The summed E-state index contributed by atoms with van der Waals surface area (Å²) in [5.41, 5.74) is -1.17. The second-order valence-corrected chi connectivity index (χ2v) is 8.40. The fourth-order valence-electron chi connectivity index (χ4n) is 2.27. The van der Waals surface area contributed by atoms with Crippen molar-refractivity contribution in [3.63, 3.8) is 0 Å². The first-order chi connectivity index (χ1) is 13.9. The molecule has 0 heterocycles. The molecule has 0 saturated heterocycles. The molecule has 1 N–H and O–H groups in total. The van der Waals surface area contributed by atoms with Gasteiger partial charge in [-0.1, -0.05) is 35.3 Å². The zero-order chi connectivity index (χ0) is 22.5. The Labute approximate surface area is 180 Å². The van der Waals surface area contributed by atoms with Gasteiger partial charge in [0.2, 0.25) is 10.0 Å². The summed E-state index contributed by atoms with van der Waals surface area (Å²) in [4.78, 5) is 22.7. The molecule has 0 aliphatic carbocycles. The zero-order valence-corrected chi connectivity index (χ0v) is 17.3. The third-order valence-electron chi connectivity index (χ3n) is 3.71. The van der Waals surface area contributed by atoms with Crippen molar-refractivity contribution in [3.8, 4) is 0 Å². The van der Waals surface area contributed by atoms with Gasteiger partial charge >= 0.3 is 12.1 Å². The lowest BCUT2D eigenvalue weighted by Gasteiger charge is -2.13. The molecule has 6 nitrogen and oxygen atoms in total. The van der Waals surface area contributed by atoms with Gasteiger partial charge in [0.15, 0.2) is 12.4 Å². The van der Waals surface area contributed by atoms with E-state index in [4.69, 9.17) is 27.9 Å². The van der Waals surface area contributed by atoms with Crippen LogP contribution in [0.5, 0.6) is 0 Å². The van der Waals surface area contributed by atoms with Gasteiger partial charge in [-0.3, -0.25) is 9.59 Å². The van der Waals surface area contributed by atoms with E-state index in [-0.39, 0.29) is 15.6 Å². The number of ether oxygens (including phenoxy) is 1. The van der Waals surface area contributed by atoms with Crippen LogP contribution in [0.1, 0.15) is 22.3 Å². The van der Waals surface area contributed by atoms with Crippen molar-refractivity contribution < 1.29 is 35.9 Å². The number of benzene rings is 2. The van der Waals surface area contributed by atoms with Crippen molar-refractivity contribution in [1.29, 1.82) is 0 Å². The second-order valence-electron chi connectivity index (χ2n) is 5.85. The van der Waals surface area contributed by atoms with Crippen LogP contribution in [0.25, 0.3) is 0 Å². The number of carbonyl (C=O) groups is 2. The van der Waals surface area contributed by atoms with Crippen LogP contribution in [0.3, 0.4) is 0 Å². The number of halogens is 5. The molecule has 0 aromatic heterocycles. The minimum absolute atomic E-state index is 0.141. The smallest absolute Gasteiger partial charge is 0.417 e. The molecule has 2 rings (SSSR count). The monoisotopic (exact) mass is 483 g/mol. The van der Waals surface area contributed by atoms with E-state index in [0.717, 1.165) is 18.2 Å². The molecular weight excluding hydrogens is 470 g/mol. The summed E-state index contributed by atoms with van der Waals surface area (Å²) < 4.78 is 69.9. The first-order valence-electron chi connectivity index (χ1n) is 8.21. The van der Waals surface area contributed by atoms with Crippen LogP contribution in [-0.4, -0.2) is 33.3 Å². The number of esters is 1. The molecule has 0 amide bonds. The SMILES string of the molecule is O=C(CCNS(=O)(=O)c1ccccc1C(F)(F)F)OCC(=O)c1ccc(Cl)c(Cl)c1. The Balaban J connectivity index is 1.90. The molecule has 0 atom stereocenters. The van der Waals surface area contributed by atoms with Gasteiger partial charge in [0.25, 0.3) is 0 Å². The third-order valence-corrected chi connectivity index (χ3v) is 5.97. The molecule has 2 aromatic carbocycles. The topological polar surface area (TPSA) is 89.5 Å². The van der Waals surface area contributed by atoms with Crippen molar-refractivity contribution in [3.05, 3.63) is 63.6 Å². The molecule has 0 fully saturated rings. The highest BCUT2D eigenvalue weighted by Gasteiger charge is 2.36. The van der Waals surface area contributed by atoms with Crippen LogP contribution in [0.2, 0.25) is 10.0 Å². The van der Waals surface area contributed by atoms with Crippen LogP contribution in [-0.2, 0) is 25.7 Å².